The third kappa shape index (κ3) is 2.27. The molecule has 0 aliphatic heterocycles. The van der Waals surface area contributed by atoms with E-state index in [2.05, 4.69) is 12.3 Å². The van der Waals surface area contributed by atoms with Gasteiger partial charge in [0.2, 0.25) is 0 Å². The van der Waals surface area contributed by atoms with Crippen LogP contribution in [0.4, 0.5) is 8.78 Å². The molecule has 4 heteroatoms. The molecule has 0 heterocycles. The van der Waals surface area contributed by atoms with Crippen molar-refractivity contribution in [2.75, 3.05) is 0 Å². The van der Waals surface area contributed by atoms with Gasteiger partial charge < -0.3 is 0 Å². The number of hydrogen-bond acceptors (Lipinski definition) is 2. The lowest BCUT2D eigenvalue weighted by molar-refractivity contribution is 0.187. The zero-order valence-corrected chi connectivity index (χ0v) is 10.7. The molecule has 1 aliphatic carbocycles. The molecule has 1 atom stereocenters. The Labute approximate surface area is 107 Å². The average molecular weight is 254 g/mol. The van der Waals surface area contributed by atoms with E-state index in [0.29, 0.717) is 0 Å². The molecule has 0 saturated heterocycles. The van der Waals surface area contributed by atoms with Gasteiger partial charge in [-0.15, -0.1) is 0 Å². The summed E-state index contributed by atoms with van der Waals surface area (Å²) in [6, 6.07) is 3.95. The van der Waals surface area contributed by atoms with Crippen LogP contribution in [0.25, 0.3) is 0 Å². The Kier molecular flexibility index (Phi) is 3.97. The average Bonchev–Trinajstić information content (AvgIpc) is 2.84. The third-order valence-electron chi connectivity index (χ3n) is 4.36. The van der Waals surface area contributed by atoms with Gasteiger partial charge in [0.25, 0.3) is 0 Å². The predicted molar refractivity (Wildman–Crippen MR) is 67.6 cm³/mol. The summed E-state index contributed by atoms with van der Waals surface area (Å²) in [4.78, 5) is 0. The zero-order valence-electron chi connectivity index (χ0n) is 10.7. The molecule has 0 radical (unpaired) electrons. The van der Waals surface area contributed by atoms with Gasteiger partial charge in [0.15, 0.2) is 11.6 Å². The molecule has 3 N–H and O–H groups in total. The fraction of sp³-hybridized carbons (Fsp3) is 0.571. The maximum Gasteiger partial charge on any atom is 0.159 e. The molecule has 1 unspecified atom stereocenters. The highest BCUT2D eigenvalue weighted by Gasteiger charge is 2.40. The molecule has 0 spiro atoms. The van der Waals surface area contributed by atoms with Gasteiger partial charge in [0.05, 0.1) is 6.04 Å². The van der Waals surface area contributed by atoms with Crippen LogP contribution in [0.3, 0.4) is 0 Å². The standard InChI is InChI=1S/C14H20F2N2/c1-2-14(7-3-4-8-14)13(18-17)10-5-6-11(15)12(16)9-10/h5-6,9,13,18H,2-4,7-8,17H2,1H3. The normalized spacial score (nSPS) is 20.0. The van der Waals surface area contributed by atoms with E-state index >= 15 is 0 Å². The summed E-state index contributed by atoms with van der Waals surface area (Å²) in [6.45, 7) is 2.13. The number of hydrazine groups is 1. The quantitative estimate of drug-likeness (QED) is 0.638. The molecule has 1 aromatic rings. The van der Waals surface area contributed by atoms with Gasteiger partial charge in [0.1, 0.15) is 0 Å². The Morgan fingerprint density at radius 2 is 1.94 bits per heavy atom. The van der Waals surface area contributed by atoms with Crippen LogP contribution in [0.15, 0.2) is 18.2 Å². The number of hydrogen-bond donors (Lipinski definition) is 2. The molecule has 1 aliphatic rings. The second-order valence-electron chi connectivity index (χ2n) is 5.20. The van der Waals surface area contributed by atoms with Crippen molar-refractivity contribution in [1.29, 1.82) is 0 Å². The summed E-state index contributed by atoms with van der Waals surface area (Å²) in [6.07, 6.45) is 5.50. The third-order valence-corrected chi connectivity index (χ3v) is 4.36. The molecule has 0 bridgehead atoms. The molecule has 1 aromatic carbocycles. The van der Waals surface area contributed by atoms with Gasteiger partial charge in [-0.1, -0.05) is 25.8 Å². The Hall–Kier alpha value is -1.00. The van der Waals surface area contributed by atoms with E-state index in [1.165, 1.54) is 25.0 Å². The number of nitrogens with one attached hydrogen (secondary N) is 1. The van der Waals surface area contributed by atoms with Crippen molar-refractivity contribution in [1.82, 2.24) is 5.43 Å². The summed E-state index contributed by atoms with van der Waals surface area (Å²) in [7, 11) is 0. The topological polar surface area (TPSA) is 38.0 Å². The Balaban J connectivity index is 2.34. The minimum Gasteiger partial charge on any atom is -0.271 e. The van der Waals surface area contributed by atoms with E-state index in [1.807, 2.05) is 0 Å². The number of halogens is 2. The second kappa shape index (κ2) is 5.33. The van der Waals surface area contributed by atoms with Gasteiger partial charge in [-0.25, -0.2) is 8.78 Å². The van der Waals surface area contributed by atoms with Crippen LogP contribution in [-0.2, 0) is 0 Å². The number of rotatable bonds is 4. The first-order valence-electron chi connectivity index (χ1n) is 6.54. The van der Waals surface area contributed by atoms with Crippen molar-refractivity contribution in [2.24, 2.45) is 11.3 Å². The smallest absolute Gasteiger partial charge is 0.159 e. The van der Waals surface area contributed by atoms with E-state index in [1.54, 1.807) is 6.07 Å². The first-order chi connectivity index (χ1) is 8.63. The summed E-state index contributed by atoms with van der Waals surface area (Å²) in [5.74, 6) is 4.05. The van der Waals surface area contributed by atoms with Crippen molar-refractivity contribution in [2.45, 2.75) is 45.1 Å². The summed E-state index contributed by atoms with van der Waals surface area (Å²) in [5.41, 5.74) is 3.61. The van der Waals surface area contributed by atoms with Crippen LogP contribution in [0.2, 0.25) is 0 Å². The van der Waals surface area contributed by atoms with E-state index in [0.717, 1.165) is 24.8 Å². The summed E-state index contributed by atoms with van der Waals surface area (Å²) >= 11 is 0. The van der Waals surface area contributed by atoms with Crippen molar-refractivity contribution < 1.29 is 8.78 Å². The maximum absolute atomic E-state index is 13.3. The van der Waals surface area contributed by atoms with Crippen molar-refractivity contribution in [3.05, 3.63) is 35.4 Å². The highest BCUT2D eigenvalue weighted by atomic mass is 19.2. The van der Waals surface area contributed by atoms with Crippen LogP contribution in [0, 0.1) is 17.0 Å². The lowest BCUT2D eigenvalue weighted by Gasteiger charge is -2.36. The Morgan fingerprint density at radius 3 is 2.44 bits per heavy atom. The highest BCUT2D eigenvalue weighted by molar-refractivity contribution is 5.24. The van der Waals surface area contributed by atoms with E-state index in [9.17, 15) is 8.78 Å². The molecule has 2 rings (SSSR count). The zero-order chi connectivity index (χ0) is 13.2. The minimum absolute atomic E-state index is 0.0685. The van der Waals surface area contributed by atoms with E-state index in [4.69, 9.17) is 5.84 Å². The fourth-order valence-electron chi connectivity index (χ4n) is 3.24. The van der Waals surface area contributed by atoms with Crippen LogP contribution >= 0.6 is 0 Å². The van der Waals surface area contributed by atoms with E-state index < -0.39 is 11.6 Å². The van der Waals surface area contributed by atoms with Crippen LogP contribution in [0.1, 0.15) is 50.6 Å². The lowest BCUT2D eigenvalue weighted by Crippen LogP contribution is -2.40. The highest BCUT2D eigenvalue weighted by Crippen LogP contribution is 2.49. The first kappa shape index (κ1) is 13.4. The minimum atomic E-state index is -0.813. The Morgan fingerprint density at radius 1 is 1.28 bits per heavy atom. The molecule has 0 aromatic heterocycles. The lowest BCUT2D eigenvalue weighted by atomic mass is 9.73. The molecule has 0 amide bonds. The monoisotopic (exact) mass is 254 g/mol. The molecular weight excluding hydrogens is 234 g/mol. The largest absolute Gasteiger partial charge is 0.271 e. The fourth-order valence-corrected chi connectivity index (χ4v) is 3.24. The summed E-state index contributed by atoms with van der Waals surface area (Å²) < 4.78 is 26.3. The van der Waals surface area contributed by atoms with Gasteiger partial charge in [-0.3, -0.25) is 11.3 Å². The van der Waals surface area contributed by atoms with Gasteiger partial charge in [0, 0.05) is 0 Å². The molecule has 1 saturated carbocycles. The number of nitrogens with two attached hydrogens (primary N) is 1. The van der Waals surface area contributed by atoms with Crippen LogP contribution < -0.4 is 11.3 Å². The Bertz CT molecular complexity index is 414. The van der Waals surface area contributed by atoms with Crippen molar-refractivity contribution in [3.63, 3.8) is 0 Å². The van der Waals surface area contributed by atoms with Crippen LogP contribution in [-0.4, -0.2) is 0 Å². The molecular formula is C14H20F2N2. The summed E-state index contributed by atoms with van der Waals surface area (Å²) in [5, 5.41) is 0. The SMILES string of the molecule is CCC1(C(NN)c2ccc(F)c(F)c2)CCCC1. The molecule has 1 fully saturated rings. The van der Waals surface area contributed by atoms with Gasteiger partial charge in [-0.05, 0) is 42.4 Å². The number of benzene rings is 1. The van der Waals surface area contributed by atoms with E-state index in [-0.39, 0.29) is 11.5 Å². The molecule has 18 heavy (non-hydrogen) atoms. The second-order valence-corrected chi connectivity index (χ2v) is 5.20. The van der Waals surface area contributed by atoms with Crippen LogP contribution in [0.5, 0.6) is 0 Å². The molecule has 100 valence electrons. The van der Waals surface area contributed by atoms with Crippen molar-refractivity contribution in [3.8, 4) is 0 Å². The predicted octanol–water partition coefficient (Wildman–Crippen LogP) is 3.44. The van der Waals surface area contributed by atoms with Crippen molar-refractivity contribution >= 4 is 0 Å². The van der Waals surface area contributed by atoms with Gasteiger partial charge in [-0.2, -0.15) is 0 Å². The molecule has 2 nitrogen and oxygen atoms in total. The van der Waals surface area contributed by atoms with Gasteiger partial charge >= 0.3 is 0 Å². The first-order valence-corrected chi connectivity index (χ1v) is 6.54. The maximum atomic E-state index is 13.3.